The summed E-state index contributed by atoms with van der Waals surface area (Å²) in [7, 11) is 0. The molecule has 2 aliphatic rings. The normalized spacial score (nSPS) is 20.2. The van der Waals surface area contributed by atoms with Crippen molar-refractivity contribution in [2.75, 3.05) is 19.8 Å². The summed E-state index contributed by atoms with van der Waals surface area (Å²) in [6, 6.07) is 7.98. The van der Waals surface area contributed by atoms with Crippen LogP contribution in [-0.2, 0) is 14.3 Å². The molecule has 0 radical (unpaired) electrons. The summed E-state index contributed by atoms with van der Waals surface area (Å²) < 4.78 is 5.41. The van der Waals surface area contributed by atoms with Crippen LogP contribution in [0.2, 0.25) is 0 Å². The van der Waals surface area contributed by atoms with Gasteiger partial charge in [0.2, 0.25) is 5.91 Å². The quantitative estimate of drug-likeness (QED) is 0.390. The van der Waals surface area contributed by atoms with E-state index in [1.807, 2.05) is 29.2 Å². The molecule has 2 fully saturated rings. The summed E-state index contributed by atoms with van der Waals surface area (Å²) in [4.78, 5) is 24.8. The van der Waals surface area contributed by atoms with Gasteiger partial charge in [0.1, 0.15) is 0 Å². The Balaban J connectivity index is 1.52. The Morgan fingerprint density at radius 1 is 1.16 bits per heavy atom. The molecule has 2 aliphatic heterocycles. The predicted octanol–water partition coefficient (Wildman–Crippen LogP) is 4.50. The summed E-state index contributed by atoms with van der Waals surface area (Å²) in [6.07, 6.45) is 12.0. The molecule has 0 bridgehead atoms. The van der Waals surface area contributed by atoms with Crippen molar-refractivity contribution < 1.29 is 24.5 Å². The Labute approximate surface area is 190 Å². The summed E-state index contributed by atoms with van der Waals surface area (Å²) in [5.41, 5.74) is 3.31. The van der Waals surface area contributed by atoms with Gasteiger partial charge in [0.25, 0.3) is 0 Å². The number of aliphatic carboxylic acids is 1. The van der Waals surface area contributed by atoms with Crippen LogP contribution in [-0.4, -0.2) is 52.8 Å². The van der Waals surface area contributed by atoms with Crippen molar-refractivity contribution in [1.29, 1.82) is 0 Å². The summed E-state index contributed by atoms with van der Waals surface area (Å²) in [5, 5.41) is 19.4. The van der Waals surface area contributed by atoms with E-state index in [4.69, 9.17) is 9.84 Å². The van der Waals surface area contributed by atoms with Crippen LogP contribution in [0.5, 0.6) is 0 Å². The number of hydrogen-bond donors (Lipinski definition) is 2. The topological polar surface area (TPSA) is 87.1 Å². The number of aliphatic hydroxyl groups excluding tert-OH is 1. The highest BCUT2D eigenvalue weighted by Gasteiger charge is 2.28. The molecule has 0 saturated carbocycles. The van der Waals surface area contributed by atoms with Gasteiger partial charge in [-0.3, -0.25) is 9.59 Å². The van der Waals surface area contributed by atoms with Gasteiger partial charge in [0.05, 0.1) is 25.4 Å². The molecule has 0 aromatic heterocycles. The van der Waals surface area contributed by atoms with Crippen molar-refractivity contribution in [3.8, 4) is 0 Å². The number of amides is 1. The first-order valence-electron chi connectivity index (χ1n) is 11.8. The number of aliphatic hydroxyl groups is 1. The molecule has 32 heavy (non-hydrogen) atoms. The van der Waals surface area contributed by atoms with Crippen molar-refractivity contribution in [1.82, 2.24) is 4.90 Å². The highest BCUT2D eigenvalue weighted by molar-refractivity contribution is 5.79. The Morgan fingerprint density at radius 3 is 2.72 bits per heavy atom. The molecule has 2 heterocycles. The fourth-order valence-electron chi connectivity index (χ4n) is 4.35. The number of nitrogens with zero attached hydrogens (tertiary/aromatic N) is 1. The average molecular weight is 442 g/mol. The molecule has 1 aromatic carbocycles. The number of carboxylic acids is 1. The molecule has 0 aliphatic carbocycles. The van der Waals surface area contributed by atoms with Crippen LogP contribution in [0.25, 0.3) is 6.08 Å². The van der Waals surface area contributed by atoms with E-state index >= 15 is 0 Å². The van der Waals surface area contributed by atoms with E-state index in [0.717, 1.165) is 62.9 Å². The molecular formula is C26H35NO5. The van der Waals surface area contributed by atoms with Gasteiger partial charge in [-0.1, -0.05) is 54.8 Å². The van der Waals surface area contributed by atoms with Crippen LogP contribution < -0.4 is 0 Å². The number of benzene rings is 1. The summed E-state index contributed by atoms with van der Waals surface area (Å²) >= 11 is 0. The second-order valence-corrected chi connectivity index (χ2v) is 8.67. The molecule has 1 amide bonds. The minimum Gasteiger partial charge on any atom is -0.481 e. The molecule has 6 heteroatoms. The zero-order chi connectivity index (χ0) is 22.8. The molecule has 2 atom stereocenters. The Bertz CT molecular complexity index is 823. The van der Waals surface area contributed by atoms with Crippen LogP contribution in [0.4, 0.5) is 0 Å². The van der Waals surface area contributed by atoms with Crippen LogP contribution in [0, 0.1) is 0 Å². The smallest absolute Gasteiger partial charge is 0.303 e. The molecule has 1 aromatic rings. The molecule has 1 unspecified atom stereocenters. The zero-order valence-corrected chi connectivity index (χ0v) is 18.7. The van der Waals surface area contributed by atoms with Crippen molar-refractivity contribution in [3.05, 3.63) is 53.1 Å². The lowest BCUT2D eigenvalue weighted by atomic mass is 10.0. The lowest BCUT2D eigenvalue weighted by molar-refractivity contribution is -0.137. The Morgan fingerprint density at radius 2 is 1.94 bits per heavy atom. The summed E-state index contributed by atoms with van der Waals surface area (Å²) in [5.74, 6) is -0.598. The van der Waals surface area contributed by atoms with Crippen LogP contribution in [0.1, 0.15) is 75.0 Å². The van der Waals surface area contributed by atoms with Gasteiger partial charge < -0.3 is 19.8 Å². The van der Waals surface area contributed by atoms with Crippen LogP contribution in [0.3, 0.4) is 0 Å². The van der Waals surface area contributed by atoms with E-state index in [0.29, 0.717) is 19.4 Å². The number of ether oxygens (including phenoxy) is 1. The molecule has 174 valence electrons. The van der Waals surface area contributed by atoms with Gasteiger partial charge in [0.15, 0.2) is 0 Å². The minimum absolute atomic E-state index is 0.0173. The van der Waals surface area contributed by atoms with Crippen LogP contribution >= 0.6 is 0 Å². The standard InChI is InChI=1S/C26H35NO5/c28-24(22-7-5-6-21(19-22)18-20-13-16-32-17-14-20)11-9-23-10-12-25(29)27(23)15-4-2-1-3-8-26(30)31/h5-7,9,11,18-19,23-24,28H,1-4,8,10,12-17H2,(H,30,31)/t23?,24-/m1/s1. The number of hydrogen-bond acceptors (Lipinski definition) is 4. The number of likely N-dealkylation sites (tertiary alicyclic amines) is 1. The average Bonchev–Trinajstić information content (AvgIpc) is 3.14. The maximum absolute atomic E-state index is 12.3. The largest absolute Gasteiger partial charge is 0.481 e. The third kappa shape index (κ3) is 7.61. The van der Waals surface area contributed by atoms with Gasteiger partial charge in [0, 0.05) is 19.4 Å². The van der Waals surface area contributed by atoms with E-state index in [1.165, 1.54) is 5.57 Å². The lowest BCUT2D eigenvalue weighted by Gasteiger charge is -2.22. The monoisotopic (exact) mass is 441 g/mol. The number of carboxylic acid groups (broad SMARTS) is 1. The number of rotatable bonds is 11. The van der Waals surface area contributed by atoms with Gasteiger partial charge >= 0.3 is 5.97 Å². The highest BCUT2D eigenvalue weighted by Crippen LogP contribution is 2.24. The molecule has 2 N–H and O–H groups in total. The Hall–Kier alpha value is -2.44. The maximum atomic E-state index is 12.3. The predicted molar refractivity (Wildman–Crippen MR) is 124 cm³/mol. The molecular weight excluding hydrogens is 406 g/mol. The number of carbonyl (C=O) groups is 2. The molecule has 2 saturated heterocycles. The molecule has 3 rings (SSSR count). The van der Waals surface area contributed by atoms with Crippen molar-refractivity contribution in [3.63, 3.8) is 0 Å². The van der Waals surface area contributed by atoms with Gasteiger partial charge in [-0.15, -0.1) is 0 Å². The first-order valence-corrected chi connectivity index (χ1v) is 11.8. The number of carbonyl (C=O) groups excluding carboxylic acids is 1. The van der Waals surface area contributed by atoms with E-state index in [9.17, 15) is 14.7 Å². The first-order chi connectivity index (χ1) is 15.5. The van der Waals surface area contributed by atoms with Gasteiger partial charge in [-0.2, -0.15) is 0 Å². The van der Waals surface area contributed by atoms with Gasteiger partial charge in [-0.05, 0) is 49.3 Å². The number of unbranched alkanes of at least 4 members (excludes halogenated alkanes) is 3. The zero-order valence-electron chi connectivity index (χ0n) is 18.7. The molecule has 6 nitrogen and oxygen atoms in total. The fraction of sp³-hybridized carbons (Fsp3) is 0.538. The van der Waals surface area contributed by atoms with E-state index < -0.39 is 12.1 Å². The van der Waals surface area contributed by atoms with E-state index in [1.54, 1.807) is 6.08 Å². The van der Waals surface area contributed by atoms with Crippen molar-refractivity contribution in [2.45, 2.75) is 69.9 Å². The highest BCUT2D eigenvalue weighted by atomic mass is 16.5. The van der Waals surface area contributed by atoms with Gasteiger partial charge in [-0.25, -0.2) is 0 Å². The first kappa shape index (κ1) is 24.2. The SMILES string of the molecule is O=C(O)CCCCCCN1C(=O)CCC1C=C[C@@H](O)c1cccc(C=C2CCOCC2)c1. The maximum Gasteiger partial charge on any atom is 0.303 e. The molecule has 0 spiro atoms. The van der Waals surface area contributed by atoms with E-state index in [2.05, 4.69) is 12.1 Å². The second-order valence-electron chi connectivity index (χ2n) is 8.67. The third-order valence-corrected chi connectivity index (χ3v) is 6.19. The van der Waals surface area contributed by atoms with Crippen molar-refractivity contribution in [2.24, 2.45) is 0 Å². The summed E-state index contributed by atoms with van der Waals surface area (Å²) in [6.45, 7) is 2.23. The van der Waals surface area contributed by atoms with E-state index in [-0.39, 0.29) is 18.4 Å². The second kappa shape index (κ2) is 12.6. The lowest BCUT2D eigenvalue weighted by Crippen LogP contribution is -2.32. The minimum atomic E-state index is -0.755. The third-order valence-electron chi connectivity index (χ3n) is 6.19. The van der Waals surface area contributed by atoms with Crippen molar-refractivity contribution >= 4 is 18.0 Å². The Kier molecular flexibility index (Phi) is 9.50. The van der Waals surface area contributed by atoms with Crippen LogP contribution in [0.15, 0.2) is 42.0 Å². The fourth-order valence-corrected chi connectivity index (χ4v) is 4.35.